The molecule has 0 atom stereocenters. The van der Waals surface area contributed by atoms with Crippen LogP contribution in [0.1, 0.15) is 44.6 Å². The van der Waals surface area contributed by atoms with Crippen LogP contribution in [0, 0.1) is 5.92 Å². The first-order chi connectivity index (χ1) is 11.2. The van der Waals surface area contributed by atoms with E-state index in [1.165, 1.54) is 76.0 Å². The van der Waals surface area contributed by atoms with Crippen LogP contribution < -0.4 is 0 Å². The third-order valence-electron chi connectivity index (χ3n) is 5.27. The molecule has 0 aromatic heterocycles. The van der Waals surface area contributed by atoms with Crippen molar-refractivity contribution in [3.05, 3.63) is 40.5 Å². The molecule has 0 aliphatic carbocycles. The second kappa shape index (κ2) is 8.34. The van der Waals surface area contributed by atoms with Crippen molar-refractivity contribution in [3.63, 3.8) is 0 Å². The van der Waals surface area contributed by atoms with Gasteiger partial charge < -0.3 is 9.80 Å². The zero-order chi connectivity index (χ0) is 16.1. The fourth-order valence-corrected chi connectivity index (χ4v) is 4.25. The van der Waals surface area contributed by atoms with E-state index >= 15 is 0 Å². The highest BCUT2D eigenvalue weighted by Crippen LogP contribution is 2.23. The molecule has 3 rings (SSSR count). The molecule has 1 aromatic rings. The highest BCUT2D eigenvalue weighted by Gasteiger charge is 2.21. The van der Waals surface area contributed by atoms with Crippen LogP contribution in [0.5, 0.6) is 0 Å². The molecular weight excluding hydrogens is 348 g/mol. The minimum atomic E-state index is 0.906. The molecule has 0 unspecified atom stereocenters. The van der Waals surface area contributed by atoms with Crippen LogP contribution in [-0.2, 0) is 0 Å². The summed E-state index contributed by atoms with van der Waals surface area (Å²) in [5.41, 5.74) is 2.68. The van der Waals surface area contributed by atoms with Gasteiger partial charge in [-0.2, -0.15) is 0 Å². The number of benzene rings is 1. The Hall–Kier alpha value is -0.800. The van der Waals surface area contributed by atoms with Crippen LogP contribution in [0.3, 0.4) is 0 Å². The van der Waals surface area contributed by atoms with Crippen LogP contribution in [0.4, 0.5) is 0 Å². The Kier molecular flexibility index (Phi) is 6.18. The van der Waals surface area contributed by atoms with Crippen molar-refractivity contribution in [1.82, 2.24) is 9.80 Å². The molecule has 126 valence electrons. The molecule has 0 saturated carbocycles. The molecule has 0 spiro atoms. The van der Waals surface area contributed by atoms with Crippen molar-refractivity contribution in [2.45, 2.75) is 39.0 Å². The Bertz CT molecular complexity index is 526. The van der Waals surface area contributed by atoms with Crippen LogP contribution >= 0.6 is 15.9 Å². The van der Waals surface area contributed by atoms with Crippen LogP contribution in [0.25, 0.3) is 5.57 Å². The largest absolute Gasteiger partial charge is 0.377 e. The number of hydrogen-bond donors (Lipinski definition) is 0. The summed E-state index contributed by atoms with van der Waals surface area (Å²) >= 11 is 3.57. The summed E-state index contributed by atoms with van der Waals surface area (Å²) in [4.78, 5) is 5.22. The SMILES string of the molecule is C/C(=C\N1CCC(CN2CCCCC2)CC1)c1cccc(Br)c1. The highest BCUT2D eigenvalue weighted by molar-refractivity contribution is 9.10. The minimum absolute atomic E-state index is 0.906. The molecule has 2 heterocycles. The topological polar surface area (TPSA) is 6.48 Å². The van der Waals surface area contributed by atoms with Crippen molar-refractivity contribution in [3.8, 4) is 0 Å². The molecule has 2 saturated heterocycles. The highest BCUT2D eigenvalue weighted by atomic mass is 79.9. The molecule has 2 nitrogen and oxygen atoms in total. The van der Waals surface area contributed by atoms with Gasteiger partial charge in [0.15, 0.2) is 0 Å². The van der Waals surface area contributed by atoms with Gasteiger partial charge in [-0.1, -0.05) is 34.5 Å². The summed E-state index contributed by atoms with van der Waals surface area (Å²) in [5, 5.41) is 0. The monoisotopic (exact) mass is 376 g/mol. The molecule has 0 N–H and O–H groups in total. The molecule has 0 radical (unpaired) electrons. The predicted octanol–water partition coefficient (Wildman–Crippen LogP) is 5.01. The zero-order valence-electron chi connectivity index (χ0n) is 14.3. The first kappa shape index (κ1) is 17.0. The standard InChI is InChI=1S/C20H29BrN2/c1-17(19-6-5-7-20(21)14-19)15-23-12-8-18(9-13-23)16-22-10-3-2-4-11-22/h5-7,14-15,18H,2-4,8-13,16H2,1H3/b17-15+. The predicted molar refractivity (Wildman–Crippen MR) is 102 cm³/mol. The van der Waals surface area contributed by atoms with Gasteiger partial charge in [0.2, 0.25) is 0 Å². The normalized spacial score (nSPS) is 21.7. The van der Waals surface area contributed by atoms with Gasteiger partial charge in [0.25, 0.3) is 0 Å². The smallest absolute Gasteiger partial charge is 0.0181 e. The van der Waals surface area contributed by atoms with E-state index in [9.17, 15) is 0 Å². The molecule has 2 fully saturated rings. The van der Waals surface area contributed by atoms with E-state index in [0.717, 1.165) is 10.4 Å². The van der Waals surface area contributed by atoms with Crippen LogP contribution in [-0.4, -0.2) is 42.5 Å². The number of nitrogens with zero attached hydrogens (tertiary/aromatic N) is 2. The van der Waals surface area contributed by atoms with E-state index in [0.29, 0.717) is 0 Å². The lowest BCUT2D eigenvalue weighted by Crippen LogP contribution is -2.38. The summed E-state index contributed by atoms with van der Waals surface area (Å²) in [5.74, 6) is 0.906. The summed E-state index contributed by atoms with van der Waals surface area (Å²) in [7, 11) is 0. The molecule has 2 aliphatic heterocycles. The lowest BCUT2D eigenvalue weighted by atomic mass is 9.95. The Morgan fingerprint density at radius 1 is 1.13 bits per heavy atom. The molecule has 23 heavy (non-hydrogen) atoms. The Morgan fingerprint density at radius 3 is 2.57 bits per heavy atom. The third-order valence-corrected chi connectivity index (χ3v) is 5.76. The second-order valence-electron chi connectivity index (χ2n) is 7.16. The van der Waals surface area contributed by atoms with Gasteiger partial charge in [0.05, 0.1) is 0 Å². The maximum atomic E-state index is 3.57. The quantitative estimate of drug-likeness (QED) is 0.728. The fourth-order valence-electron chi connectivity index (χ4n) is 3.85. The van der Waals surface area contributed by atoms with Gasteiger partial charge in [-0.05, 0) is 74.9 Å². The first-order valence-corrected chi connectivity index (χ1v) is 9.91. The lowest BCUT2D eigenvalue weighted by molar-refractivity contribution is 0.153. The van der Waals surface area contributed by atoms with Gasteiger partial charge in [-0.3, -0.25) is 0 Å². The van der Waals surface area contributed by atoms with Gasteiger partial charge in [-0.25, -0.2) is 0 Å². The maximum Gasteiger partial charge on any atom is 0.0181 e. The van der Waals surface area contributed by atoms with Crippen molar-refractivity contribution in [1.29, 1.82) is 0 Å². The van der Waals surface area contributed by atoms with E-state index in [1.807, 2.05) is 0 Å². The molecular formula is C20H29BrN2. The van der Waals surface area contributed by atoms with E-state index in [1.54, 1.807) is 0 Å². The average molecular weight is 377 g/mol. The molecule has 1 aromatic carbocycles. The zero-order valence-corrected chi connectivity index (χ0v) is 15.9. The lowest BCUT2D eigenvalue weighted by Gasteiger charge is -2.36. The minimum Gasteiger partial charge on any atom is -0.377 e. The van der Waals surface area contributed by atoms with Gasteiger partial charge in [0, 0.05) is 30.3 Å². The fraction of sp³-hybridized carbons (Fsp3) is 0.600. The van der Waals surface area contributed by atoms with Gasteiger partial charge >= 0.3 is 0 Å². The molecule has 3 heteroatoms. The number of piperidine rings is 2. The Balaban J connectivity index is 1.49. The van der Waals surface area contributed by atoms with Crippen LogP contribution in [0.2, 0.25) is 0 Å². The summed E-state index contributed by atoms with van der Waals surface area (Å²) in [6.07, 6.45) is 9.31. The Labute approximate surface area is 149 Å². The summed E-state index contributed by atoms with van der Waals surface area (Å²) in [6, 6.07) is 8.60. The number of rotatable bonds is 4. The summed E-state index contributed by atoms with van der Waals surface area (Å²) in [6.45, 7) is 8.65. The van der Waals surface area contributed by atoms with Crippen molar-refractivity contribution in [2.75, 3.05) is 32.7 Å². The van der Waals surface area contributed by atoms with E-state index in [2.05, 4.69) is 63.1 Å². The molecule has 2 aliphatic rings. The number of allylic oxidation sites excluding steroid dienone is 1. The molecule has 0 bridgehead atoms. The van der Waals surface area contributed by atoms with Crippen molar-refractivity contribution < 1.29 is 0 Å². The third kappa shape index (κ3) is 5.09. The Morgan fingerprint density at radius 2 is 1.87 bits per heavy atom. The number of hydrogen-bond acceptors (Lipinski definition) is 2. The van der Waals surface area contributed by atoms with Crippen molar-refractivity contribution >= 4 is 21.5 Å². The maximum absolute atomic E-state index is 3.57. The number of halogens is 1. The van der Waals surface area contributed by atoms with Gasteiger partial charge in [-0.15, -0.1) is 0 Å². The summed E-state index contributed by atoms with van der Waals surface area (Å²) < 4.78 is 1.16. The van der Waals surface area contributed by atoms with Crippen LogP contribution in [0.15, 0.2) is 34.9 Å². The van der Waals surface area contributed by atoms with E-state index in [4.69, 9.17) is 0 Å². The first-order valence-electron chi connectivity index (χ1n) is 9.11. The average Bonchev–Trinajstić information content (AvgIpc) is 2.57. The number of likely N-dealkylation sites (tertiary alicyclic amines) is 2. The molecule has 0 amide bonds. The van der Waals surface area contributed by atoms with E-state index in [-0.39, 0.29) is 0 Å². The van der Waals surface area contributed by atoms with E-state index < -0.39 is 0 Å². The van der Waals surface area contributed by atoms with Crippen molar-refractivity contribution in [2.24, 2.45) is 5.92 Å². The van der Waals surface area contributed by atoms with Gasteiger partial charge in [0.1, 0.15) is 0 Å². The second-order valence-corrected chi connectivity index (χ2v) is 8.08.